The molecule has 0 atom stereocenters. The number of terminal acetylenes is 1. The van der Waals surface area contributed by atoms with E-state index >= 15 is 0 Å². The molecular formula is C12H19NO2. The molecule has 0 spiro atoms. The fourth-order valence-corrected chi connectivity index (χ4v) is 1.85. The van der Waals surface area contributed by atoms with Crippen molar-refractivity contribution in [3.8, 4) is 12.3 Å². The zero-order chi connectivity index (χ0) is 11.1. The third-order valence-corrected chi connectivity index (χ3v) is 2.66. The van der Waals surface area contributed by atoms with Crippen molar-refractivity contribution in [1.29, 1.82) is 0 Å². The van der Waals surface area contributed by atoms with Gasteiger partial charge in [-0.3, -0.25) is 4.79 Å². The monoisotopic (exact) mass is 209 g/mol. The first kappa shape index (κ1) is 12.1. The smallest absolute Gasteiger partial charge is 0.226 e. The summed E-state index contributed by atoms with van der Waals surface area (Å²) in [5.41, 5.74) is 0. The largest absolute Gasteiger partial charge is 0.381 e. The van der Waals surface area contributed by atoms with Gasteiger partial charge < -0.3 is 9.64 Å². The zero-order valence-corrected chi connectivity index (χ0v) is 9.37. The number of carbonyl (C=O) groups excluding carboxylic acids is 1. The van der Waals surface area contributed by atoms with Gasteiger partial charge in [0, 0.05) is 25.7 Å². The molecule has 1 saturated heterocycles. The molecule has 0 radical (unpaired) electrons. The van der Waals surface area contributed by atoms with Gasteiger partial charge in [0.1, 0.15) is 0 Å². The van der Waals surface area contributed by atoms with Gasteiger partial charge in [0.25, 0.3) is 0 Å². The van der Waals surface area contributed by atoms with Crippen LogP contribution in [0, 0.1) is 18.3 Å². The minimum atomic E-state index is 0.124. The average Bonchev–Trinajstić information content (AvgIpc) is 2.29. The molecule has 3 heteroatoms. The van der Waals surface area contributed by atoms with Gasteiger partial charge in [0.05, 0.1) is 6.54 Å². The van der Waals surface area contributed by atoms with Gasteiger partial charge in [-0.05, 0) is 19.3 Å². The van der Waals surface area contributed by atoms with Crippen LogP contribution in [0.5, 0.6) is 0 Å². The molecule has 1 aliphatic rings. The maximum atomic E-state index is 12.1. The maximum absolute atomic E-state index is 12.1. The van der Waals surface area contributed by atoms with Crippen molar-refractivity contribution in [2.24, 2.45) is 5.92 Å². The average molecular weight is 209 g/mol. The second-order valence-corrected chi connectivity index (χ2v) is 3.85. The quantitative estimate of drug-likeness (QED) is 0.653. The van der Waals surface area contributed by atoms with Gasteiger partial charge in [-0.2, -0.15) is 0 Å². The van der Waals surface area contributed by atoms with Gasteiger partial charge in [-0.25, -0.2) is 0 Å². The highest BCUT2D eigenvalue weighted by Crippen LogP contribution is 2.17. The van der Waals surface area contributed by atoms with Gasteiger partial charge in [-0.15, -0.1) is 6.42 Å². The summed E-state index contributed by atoms with van der Waals surface area (Å²) in [5.74, 6) is 2.88. The van der Waals surface area contributed by atoms with E-state index in [2.05, 4.69) is 12.8 Å². The molecule has 1 rings (SSSR count). The highest BCUT2D eigenvalue weighted by Gasteiger charge is 2.25. The topological polar surface area (TPSA) is 29.5 Å². The lowest BCUT2D eigenvalue weighted by Gasteiger charge is -2.27. The first-order valence-electron chi connectivity index (χ1n) is 5.59. The summed E-state index contributed by atoms with van der Waals surface area (Å²) < 4.78 is 5.24. The van der Waals surface area contributed by atoms with E-state index in [1.165, 1.54) is 0 Å². The van der Waals surface area contributed by atoms with Crippen molar-refractivity contribution in [3.05, 3.63) is 0 Å². The van der Waals surface area contributed by atoms with E-state index in [0.29, 0.717) is 19.8 Å². The van der Waals surface area contributed by atoms with Crippen LogP contribution in [0.4, 0.5) is 0 Å². The molecule has 1 fully saturated rings. The third kappa shape index (κ3) is 3.56. The van der Waals surface area contributed by atoms with Gasteiger partial charge in [0.2, 0.25) is 5.91 Å². The van der Waals surface area contributed by atoms with E-state index in [9.17, 15) is 4.79 Å². The lowest BCUT2D eigenvalue weighted by atomic mass is 9.98. The molecule has 0 N–H and O–H groups in total. The Balaban J connectivity index is 2.50. The first-order chi connectivity index (χ1) is 7.29. The molecule has 0 bridgehead atoms. The van der Waals surface area contributed by atoms with Crippen molar-refractivity contribution in [3.63, 3.8) is 0 Å². The minimum Gasteiger partial charge on any atom is -0.381 e. The van der Waals surface area contributed by atoms with Crippen molar-refractivity contribution in [2.75, 3.05) is 26.3 Å². The fourth-order valence-electron chi connectivity index (χ4n) is 1.85. The molecule has 0 saturated carbocycles. The molecule has 15 heavy (non-hydrogen) atoms. The molecule has 0 aliphatic carbocycles. The fraction of sp³-hybridized carbons (Fsp3) is 0.750. The van der Waals surface area contributed by atoms with Crippen LogP contribution in [0.2, 0.25) is 0 Å². The summed E-state index contributed by atoms with van der Waals surface area (Å²) in [5, 5.41) is 0. The van der Waals surface area contributed by atoms with Crippen molar-refractivity contribution >= 4 is 5.91 Å². The Morgan fingerprint density at radius 3 is 2.73 bits per heavy atom. The van der Waals surface area contributed by atoms with E-state index in [4.69, 9.17) is 11.2 Å². The second-order valence-electron chi connectivity index (χ2n) is 3.85. The van der Waals surface area contributed by atoms with E-state index in [0.717, 1.165) is 25.8 Å². The van der Waals surface area contributed by atoms with Crippen LogP contribution in [-0.4, -0.2) is 37.1 Å². The highest BCUT2D eigenvalue weighted by atomic mass is 16.5. The van der Waals surface area contributed by atoms with Crippen LogP contribution in [0.3, 0.4) is 0 Å². The summed E-state index contributed by atoms with van der Waals surface area (Å²) in [6.45, 7) is 4.66. The van der Waals surface area contributed by atoms with Crippen molar-refractivity contribution in [1.82, 2.24) is 4.90 Å². The highest BCUT2D eigenvalue weighted by molar-refractivity contribution is 5.79. The predicted molar refractivity (Wildman–Crippen MR) is 59.2 cm³/mol. The first-order valence-corrected chi connectivity index (χ1v) is 5.59. The van der Waals surface area contributed by atoms with Crippen LogP contribution < -0.4 is 0 Å². The Morgan fingerprint density at radius 1 is 1.53 bits per heavy atom. The predicted octanol–water partition coefficient (Wildman–Crippen LogP) is 1.28. The van der Waals surface area contributed by atoms with Crippen LogP contribution in [0.1, 0.15) is 26.2 Å². The minimum absolute atomic E-state index is 0.124. The summed E-state index contributed by atoms with van der Waals surface area (Å²) in [6, 6.07) is 0. The summed E-state index contributed by atoms with van der Waals surface area (Å²) >= 11 is 0. The van der Waals surface area contributed by atoms with E-state index < -0.39 is 0 Å². The number of rotatable bonds is 4. The number of carbonyl (C=O) groups is 1. The lowest BCUT2D eigenvalue weighted by molar-refractivity contribution is -0.137. The van der Waals surface area contributed by atoms with Crippen LogP contribution in [-0.2, 0) is 9.53 Å². The summed E-state index contributed by atoms with van der Waals surface area (Å²) in [7, 11) is 0. The number of hydrogen-bond donors (Lipinski definition) is 0. The second kappa shape index (κ2) is 6.47. The molecule has 0 aromatic heterocycles. The zero-order valence-electron chi connectivity index (χ0n) is 9.37. The molecule has 1 amide bonds. The number of hydrogen-bond acceptors (Lipinski definition) is 2. The molecule has 1 heterocycles. The van der Waals surface area contributed by atoms with Crippen molar-refractivity contribution < 1.29 is 9.53 Å². The van der Waals surface area contributed by atoms with E-state index in [1.54, 1.807) is 4.90 Å². The van der Waals surface area contributed by atoms with E-state index in [1.807, 2.05) is 0 Å². The van der Waals surface area contributed by atoms with E-state index in [-0.39, 0.29) is 11.8 Å². The lowest BCUT2D eigenvalue weighted by Crippen LogP contribution is -2.39. The van der Waals surface area contributed by atoms with Crippen LogP contribution in [0.15, 0.2) is 0 Å². The molecule has 3 nitrogen and oxygen atoms in total. The SMILES string of the molecule is C#CCN(CCC)C(=O)C1CCOCC1. The number of ether oxygens (including phenoxy) is 1. The Labute approximate surface area is 91.8 Å². The third-order valence-electron chi connectivity index (χ3n) is 2.66. The van der Waals surface area contributed by atoms with Gasteiger partial charge in [-0.1, -0.05) is 12.8 Å². The molecular weight excluding hydrogens is 190 g/mol. The van der Waals surface area contributed by atoms with Crippen LogP contribution >= 0.6 is 0 Å². The summed E-state index contributed by atoms with van der Waals surface area (Å²) in [6.07, 6.45) is 7.89. The van der Waals surface area contributed by atoms with Gasteiger partial charge in [0.15, 0.2) is 0 Å². The Morgan fingerprint density at radius 2 is 2.20 bits per heavy atom. The number of nitrogens with zero attached hydrogens (tertiary/aromatic N) is 1. The van der Waals surface area contributed by atoms with Crippen molar-refractivity contribution in [2.45, 2.75) is 26.2 Å². The Bertz CT molecular complexity index is 238. The Kier molecular flexibility index (Phi) is 5.20. The molecule has 84 valence electrons. The van der Waals surface area contributed by atoms with Gasteiger partial charge >= 0.3 is 0 Å². The normalized spacial score (nSPS) is 17.1. The molecule has 0 unspecified atom stereocenters. The maximum Gasteiger partial charge on any atom is 0.226 e. The summed E-state index contributed by atoms with van der Waals surface area (Å²) in [4.78, 5) is 13.8. The molecule has 0 aromatic carbocycles. The molecule has 1 aliphatic heterocycles. The standard InChI is InChI=1S/C12H19NO2/c1-3-7-13(8-4-2)12(14)11-5-9-15-10-6-11/h1,11H,4-10H2,2H3. The number of amides is 1. The Hall–Kier alpha value is -1.01. The molecule has 0 aromatic rings. The van der Waals surface area contributed by atoms with Crippen LogP contribution in [0.25, 0.3) is 0 Å².